The van der Waals surface area contributed by atoms with Crippen molar-refractivity contribution in [2.45, 2.75) is 26.4 Å². The van der Waals surface area contributed by atoms with Crippen molar-refractivity contribution in [3.63, 3.8) is 0 Å². The van der Waals surface area contributed by atoms with Gasteiger partial charge in [0.05, 0.1) is 0 Å². The Morgan fingerprint density at radius 3 is 2.00 bits per heavy atom. The molecule has 0 aliphatic carbocycles. The minimum Gasteiger partial charge on any atom is -0.329 e. The summed E-state index contributed by atoms with van der Waals surface area (Å²) in [5.41, 5.74) is 0. The molecule has 0 aromatic carbocycles. The van der Waals surface area contributed by atoms with Gasteiger partial charge >= 0.3 is 0 Å². The minimum atomic E-state index is -0.449. The first kappa shape index (κ1) is 8.18. The zero-order valence-electron chi connectivity index (χ0n) is 6.44. The Morgan fingerprint density at radius 2 is 1.88 bits per heavy atom. The lowest BCUT2D eigenvalue weighted by Crippen LogP contribution is -2.30. The van der Waals surface area contributed by atoms with E-state index < -0.39 is 8.96 Å². The average Bonchev–Trinajstić information content (AvgIpc) is 1.67. The molecule has 0 fully saturated rings. The van der Waals surface area contributed by atoms with Gasteiger partial charge in [-0.15, -0.1) is 0 Å². The quantitative estimate of drug-likeness (QED) is 0.522. The van der Waals surface area contributed by atoms with Crippen molar-refractivity contribution < 1.29 is 0 Å². The molecule has 2 heteroatoms. The van der Waals surface area contributed by atoms with Gasteiger partial charge in [-0.05, 0) is 20.0 Å². The van der Waals surface area contributed by atoms with Gasteiger partial charge in [-0.3, -0.25) is 0 Å². The standard InChI is InChI=1S/C6H17NSi/c1-5-6-7(2)8(3)4/h8H,5-6H2,1-4H3. The van der Waals surface area contributed by atoms with Crippen LogP contribution in [0.4, 0.5) is 0 Å². The second-order valence-corrected chi connectivity index (χ2v) is 5.64. The van der Waals surface area contributed by atoms with E-state index in [1.165, 1.54) is 13.0 Å². The third-order valence-electron chi connectivity index (χ3n) is 1.46. The maximum Gasteiger partial charge on any atom is 0.105 e. The van der Waals surface area contributed by atoms with E-state index in [0.29, 0.717) is 0 Å². The summed E-state index contributed by atoms with van der Waals surface area (Å²) in [7, 11) is 1.77. The largest absolute Gasteiger partial charge is 0.329 e. The number of nitrogens with zero attached hydrogens (tertiary/aromatic N) is 1. The molecule has 0 rings (SSSR count). The summed E-state index contributed by atoms with van der Waals surface area (Å²) in [4.78, 5) is 0. The van der Waals surface area contributed by atoms with E-state index >= 15 is 0 Å². The third-order valence-corrected chi connectivity index (χ3v) is 3.48. The maximum absolute atomic E-state index is 2.49. The molecule has 0 N–H and O–H groups in total. The molecule has 0 heterocycles. The molecule has 0 aromatic rings. The fourth-order valence-electron chi connectivity index (χ4n) is 0.611. The molecule has 0 spiro atoms. The van der Waals surface area contributed by atoms with Crippen molar-refractivity contribution in [2.75, 3.05) is 13.6 Å². The molecule has 0 radical (unpaired) electrons. The predicted octanol–water partition coefficient (Wildman–Crippen LogP) is 1.31. The highest BCUT2D eigenvalue weighted by atomic mass is 28.3. The Morgan fingerprint density at radius 1 is 1.38 bits per heavy atom. The van der Waals surface area contributed by atoms with Gasteiger partial charge in [0.25, 0.3) is 0 Å². The van der Waals surface area contributed by atoms with Crippen molar-refractivity contribution in [3.8, 4) is 0 Å². The van der Waals surface area contributed by atoms with Gasteiger partial charge < -0.3 is 4.57 Å². The second-order valence-electron chi connectivity index (χ2n) is 2.57. The highest BCUT2D eigenvalue weighted by Gasteiger charge is 2.00. The van der Waals surface area contributed by atoms with Gasteiger partial charge in [0.2, 0.25) is 0 Å². The average molecular weight is 131 g/mol. The fraction of sp³-hybridized carbons (Fsp3) is 1.00. The molecule has 0 amide bonds. The second kappa shape index (κ2) is 4.10. The zero-order valence-corrected chi connectivity index (χ0v) is 7.59. The van der Waals surface area contributed by atoms with Crippen LogP contribution in [0.15, 0.2) is 0 Å². The Hall–Kier alpha value is 0.177. The van der Waals surface area contributed by atoms with E-state index in [0.717, 1.165) is 0 Å². The third kappa shape index (κ3) is 3.21. The summed E-state index contributed by atoms with van der Waals surface area (Å²) in [5.74, 6) is 0. The first-order valence-corrected chi connectivity index (χ1v) is 6.21. The summed E-state index contributed by atoms with van der Waals surface area (Å²) in [6.07, 6.45) is 1.29. The van der Waals surface area contributed by atoms with Crippen LogP contribution in [0.2, 0.25) is 13.1 Å². The van der Waals surface area contributed by atoms with Crippen molar-refractivity contribution >= 4 is 8.96 Å². The Bertz CT molecular complexity index is 54.5. The topological polar surface area (TPSA) is 3.24 Å². The molecule has 0 aromatic heterocycles. The molecular formula is C6H17NSi. The molecular weight excluding hydrogens is 114 g/mol. The minimum absolute atomic E-state index is 0.449. The normalized spacial score (nSPS) is 11.2. The van der Waals surface area contributed by atoms with Gasteiger partial charge in [0.1, 0.15) is 8.96 Å². The van der Waals surface area contributed by atoms with E-state index in [1.54, 1.807) is 0 Å². The van der Waals surface area contributed by atoms with Crippen LogP contribution in [-0.4, -0.2) is 27.1 Å². The number of rotatable bonds is 3. The van der Waals surface area contributed by atoms with E-state index in [1.807, 2.05) is 0 Å². The summed E-state index contributed by atoms with van der Waals surface area (Å²) in [6.45, 7) is 8.22. The van der Waals surface area contributed by atoms with E-state index in [4.69, 9.17) is 0 Å². The molecule has 0 unspecified atom stereocenters. The summed E-state index contributed by atoms with van der Waals surface area (Å²) >= 11 is 0. The molecule has 1 nitrogen and oxygen atoms in total. The van der Waals surface area contributed by atoms with E-state index in [2.05, 4.69) is 31.6 Å². The first-order valence-electron chi connectivity index (χ1n) is 3.38. The van der Waals surface area contributed by atoms with Gasteiger partial charge in [0, 0.05) is 0 Å². The number of hydrogen-bond donors (Lipinski definition) is 0. The summed E-state index contributed by atoms with van der Waals surface area (Å²) in [6, 6.07) is 0. The lowest BCUT2D eigenvalue weighted by atomic mass is 10.5. The van der Waals surface area contributed by atoms with Gasteiger partial charge in [0.15, 0.2) is 0 Å². The molecule has 0 bridgehead atoms. The van der Waals surface area contributed by atoms with E-state index in [9.17, 15) is 0 Å². The Balaban J connectivity index is 3.17. The Labute approximate surface area is 54.4 Å². The highest BCUT2D eigenvalue weighted by molar-refractivity contribution is 6.52. The van der Waals surface area contributed by atoms with Crippen LogP contribution >= 0.6 is 0 Å². The highest BCUT2D eigenvalue weighted by Crippen LogP contribution is 1.90. The van der Waals surface area contributed by atoms with Crippen LogP contribution < -0.4 is 0 Å². The van der Waals surface area contributed by atoms with Crippen molar-refractivity contribution in [3.05, 3.63) is 0 Å². The molecule has 0 saturated carbocycles. The lowest BCUT2D eigenvalue weighted by molar-refractivity contribution is 0.519. The van der Waals surface area contributed by atoms with Crippen LogP contribution in [0, 0.1) is 0 Å². The van der Waals surface area contributed by atoms with Gasteiger partial charge in [-0.25, -0.2) is 0 Å². The van der Waals surface area contributed by atoms with Gasteiger partial charge in [-0.2, -0.15) is 0 Å². The Kier molecular flexibility index (Phi) is 4.19. The molecule has 50 valence electrons. The predicted molar refractivity (Wildman–Crippen MR) is 41.8 cm³/mol. The molecule has 0 atom stereocenters. The number of hydrogen-bond acceptors (Lipinski definition) is 1. The lowest BCUT2D eigenvalue weighted by Gasteiger charge is -2.18. The summed E-state index contributed by atoms with van der Waals surface area (Å²) in [5, 5.41) is 0. The molecule has 8 heavy (non-hydrogen) atoms. The molecule has 0 aliphatic heterocycles. The zero-order chi connectivity index (χ0) is 6.57. The first-order chi connectivity index (χ1) is 3.68. The summed E-state index contributed by atoms with van der Waals surface area (Å²) < 4.78 is 2.49. The van der Waals surface area contributed by atoms with Crippen molar-refractivity contribution in [1.82, 2.24) is 4.57 Å². The van der Waals surface area contributed by atoms with Crippen LogP contribution in [-0.2, 0) is 0 Å². The van der Waals surface area contributed by atoms with E-state index in [-0.39, 0.29) is 0 Å². The fourth-order valence-corrected chi connectivity index (χ4v) is 1.39. The SMILES string of the molecule is CCCN(C)[SiH](C)C. The maximum atomic E-state index is 2.49. The van der Waals surface area contributed by atoms with Crippen molar-refractivity contribution in [1.29, 1.82) is 0 Å². The van der Waals surface area contributed by atoms with Crippen LogP contribution in [0.25, 0.3) is 0 Å². The smallest absolute Gasteiger partial charge is 0.105 e. The van der Waals surface area contributed by atoms with Gasteiger partial charge in [-0.1, -0.05) is 20.0 Å². The molecule has 0 aliphatic rings. The van der Waals surface area contributed by atoms with Crippen LogP contribution in [0.1, 0.15) is 13.3 Å². The van der Waals surface area contributed by atoms with Crippen LogP contribution in [0.5, 0.6) is 0 Å². The molecule has 0 saturated heterocycles. The van der Waals surface area contributed by atoms with Crippen LogP contribution in [0.3, 0.4) is 0 Å². The monoisotopic (exact) mass is 131 g/mol. The van der Waals surface area contributed by atoms with Crippen molar-refractivity contribution in [2.24, 2.45) is 0 Å².